The summed E-state index contributed by atoms with van der Waals surface area (Å²) in [5, 5.41) is 25.0. The Kier molecular flexibility index (Phi) is 3.19. The average molecular weight is 479 g/mol. The second-order valence-electron chi connectivity index (χ2n) is 11.4. The third-order valence-electron chi connectivity index (χ3n) is 9.35. The summed E-state index contributed by atoms with van der Waals surface area (Å²) in [4.78, 5) is 0. The van der Waals surface area contributed by atoms with Crippen LogP contribution in [0.15, 0.2) is 97.1 Å². The van der Waals surface area contributed by atoms with E-state index in [1.54, 1.807) is 0 Å². The molecule has 0 aromatic heterocycles. The molecular weight excluding hydrogens is 456 g/mol. The summed E-state index contributed by atoms with van der Waals surface area (Å²) < 4.78 is 0. The number of aryl methyl sites for hydroxylation is 2. The summed E-state index contributed by atoms with van der Waals surface area (Å²) in [6.07, 6.45) is 0. The molecule has 0 spiro atoms. The minimum atomic E-state index is 1.31. The van der Waals surface area contributed by atoms with Crippen molar-refractivity contribution in [3.05, 3.63) is 108 Å². The molecule has 0 aliphatic carbocycles. The van der Waals surface area contributed by atoms with E-state index >= 15 is 0 Å². The van der Waals surface area contributed by atoms with Crippen LogP contribution in [0.4, 0.5) is 0 Å². The largest absolute Gasteiger partial charge is 0.0610 e. The van der Waals surface area contributed by atoms with E-state index in [4.69, 9.17) is 0 Å². The van der Waals surface area contributed by atoms with Gasteiger partial charge < -0.3 is 0 Å². The lowest BCUT2D eigenvalue weighted by Gasteiger charge is -2.25. The molecule has 0 unspecified atom stereocenters. The lowest BCUT2D eigenvalue weighted by Crippen LogP contribution is -1.96. The highest BCUT2D eigenvalue weighted by molar-refractivity contribution is 6.54. The Morgan fingerprint density at radius 2 is 0.711 bits per heavy atom. The summed E-state index contributed by atoms with van der Waals surface area (Å²) in [6.45, 7) is 4.43. The first kappa shape index (κ1) is 19.4. The van der Waals surface area contributed by atoms with E-state index in [1.165, 1.54) is 108 Å². The Bertz CT molecular complexity index is 2430. The van der Waals surface area contributed by atoms with Crippen molar-refractivity contribution in [3.63, 3.8) is 0 Å². The monoisotopic (exact) mass is 478 g/mol. The molecule has 0 aliphatic rings. The zero-order valence-corrected chi connectivity index (χ0v) is 21.2. The molecule has 10 rings (SSSR count). The molecule has 0 heteroatoms. The standard InChI is InChI=1S/C38H22/c1-19-9-13-23-29(17-19)25-15-11-21-5-4-8-28-31(21)35(25)37-33(23)27-7-3-6-22-12-16-26-30-18-20(2)10-14-24(30)34(28)38(37)36(26)32(22)27/h3-18H,1-2H3. The lowest BCUT2D eigenvalue weighted by atomic mass is 9.78. The van der Waals surface area contributed by atoms with Gasteiger partial charge in [-0.1, -0.05) is 108 Å². The van der Waals surface area contributed by atoms with E-state index in [1.807, 2.05) is 0 Å². The Labute approximate surface area is 218 Å². The quantitative estimate of drug-likeness (QED) is 0.150. The number of fused-ring (bicyclic) bond motifs is 8. The Hall–Kier alpha value is -4.68. The maximum Gasteiger partial charge on any atom is -0.0000710 e. The molecule has 0 saturated carbocycles. The Morgan fingerprint density at radius 3 is 1.18 bits per heavy atom. The third kappa shape index (κ3) is 2.02. The van der Waals surface area contributed by atoms with E-state index in [0.29, 0.717) is 0 Å². The molecular formula is C38H22. The molecule has 0 amide bonds. The molecule has 10 aromatic carbocycles. The molecule has 0 saturated heterocycles. The van der Waals surface area contributed by atoms with Gasteiger partial charge in [0.15, 0.2) is 0 Å². The first-order chi connectivity index (χ1) is 18.7. The van der Waals surface area contributed by atoms with Crippen molar-refractivity contribution in [2.24, 2.45) is 0 Å². The van der Waals surface area contributed by atoms with Crippen LogP contribution >= 0.6 is 0 Å². The van der Waals surface area contributed by atoms with Gasteiger partial charge >= 0.3 is 0 Å². The van der Waals surface area contributed by atoms with E-state index in [0.717, 1.165) is 0 Å². The van der Waals surface area contributed by atoms with E-state index in [9.17, 15) is 0 Å². The predicted molar refractivity (Wildman–Crippen MR) is 167 cm³/mol. The van der Waals surface area contributed by atoms with Crippen LogP contribution in [0.2, 0.25) is 0 Å². The SMILES string of the molecule is Cc1ccc2c(c1)c1ccc3cccc4c3c1c1c2c2cccc3ccc5c6cc(C)ccc6c4c1c5c32. The fourth-order valence-corrected chi connectivity index (χ4v) is 7.92. The molecule has 0 atom stereocenters. The van der Waals surface area contributed by atoms with Gasteiger partial charge in [-0.3, -0.25) is 0 Å². The molecule has 10 aromatic rings. The van der Waals surface area contributed by atoms with Crippen molar-refractivity contribution in [2.75, 3.05) is 0 Å². The molecule has 174 valence electrons. The molecule has 0 bridgehead atoms. The van der Waals surface area contributed by atoms with Gasteiger partial charge in [-0.2, -0.15) is 0 Å². The van der Waals surface area contributed by atoms with Gasteiger partial charge in [0.05, 0.1) is 0 Å². The van der Waals surface area contributed by atoms with Gasteiger partial charge in [0, 0.05) is 0 Å². The zero-order valence-electron chi connectivity index (χ0n) is 21.2. The minimum absolute atomic E-state index is 1.31. The van der Waals surface area contributed by atoms with Crippen molar-refractivity contribution in [3.8, 4) is 0 Å². The minimum Gasteiger partial charge on any atom is -0.0610 e. The molecule has 0 fully saturated rings. The summed E-state index contributed by atoms with van der Waals surface area (Å²) in [5.74, 6) is 0. The average Bonchev–Trinajstić information content (AvgIpc) is 2.94. The van der Waals surface area contributed by atoms with Crippen LogP contribution in [0, 0.1) is 13.8 Å². The van der Waals surface area contributed by atoms with Crippen LogP contribution in [0.5, 0.6) is 0 Å². The maximum absolute atomic E-state index is 2.40. The second kappa shape index (κ2) is 6.23. The normalized spacial score (nSPS) is 13.0. The zero-order chi connectivity index (χ0) is 24.9. The Morgan fingerprint density at radius 1 is 0.289 bits per heavy atom. The van der Waals surface area contributed by atoms with Crippen LogP contribution in [0.3, 0.4) is 0 Å². The molecule has 0 heterocycles. The summed E-state index contributed by atoms with van der Waals surface area (Å²) in [6, 6.07) is 37.3. The summed E-state index contributed by atoms with van der Waals surface area (Å²) in [5.41, 5.74) is 2.62. The van der Waals surface area contributed by atoms with Crippen molar-refractivity contribution < 1.29 is 0 Å². The van der Waals surface area contributed by atoms with Gasteiger partial charge in [0.1, 0.15) is 0 Å². The second-order valence-corrected chi connectivity index (χ2v) is 11.4. The van der Waals surface area contributed by atoms with Gasteiger partial charge in [-0.25, -0.2) is 0 Å². The van der Waals surface area contributed by atoms with Crippen LogP contribution in [0.1, 0.15) is 11.1 Å². The first-order valence-electron chi connectivity index (χ1n) is 13.5. The van der Waals surface area contributed by atoms with E-state index in [-0.39, 0.29) is 0 Å². The van der Waals surface area contributed by atoms with Crippen molar-refractivity contribution in [1.82, 2.24) is 0 Å². The third-order valence-corrected chi connectivity index (χ3v) is 9.35. The number of hydrogen-bond acceptors (Lipinski definition) is 0. The highest BCUT2D eigenvalue weighted by Gasteiger charge is 2.25. The van der Waals surface area contributed by atoms with E-state index in [2.05, 4.69) is 111 Å². The van der Waals surface area contributed by atoms with Gasteiger partial charge in [-0.05, 0) is 111 Å². The van der Waals surface area contributed by atoms with E-state index < -0.39 is 0 Å². The Balaban J connectivity index is 1.76. The van der Waals surface area contributed by atoms with Crippen LogP contribution in [0.25, 0.3) is 97.0 Å². The molecule has 0 N–H and O–H groups in total. The predicted octanol–water partition coefficient (Wildman–Crippen LogP) is 11.0. The maximum atomic E-state index is 2.40. The van der Waals surface area contributed by atoms with Crippen LogP contribution in [-0.2, 0) is 0 Å². The van der Waals surface area contributed by atoms with Crippen molar-refractivity contribution in [1.29, 1.82) is 0 Å². The number of hydrogen-bond donors (Lipinski definition) is 0. The summed E-state index contributed by atoms with van der Waals surface area (Å²) >= 11 is 0. The molecule has 38 heavy (non-hydrogen) atoms. The van der Waals surface area contributed by atoms with Gasteiger partial charge in [-0.15, -0.1) is 0 Å². The molecule has 0 nitrogen and oxygen atoms in total. The fourth-order valence-electron chi connectivity index (χ4n) is 7.92. The molecule has 0 radical (unpaired) electrons. The van der Waals surface area contributed by atoms with Gasteiger partial charge in [0.25, 0.3) is 0 Å². The van der Waals surface area contributed by atoms with Crippen molar-refractivity contribution in [2.45, 2.75) is 13.8 Å². The summed E-state index contributed by atoms with van der Waals surface area (Å²) in [7, 11) is 0. The topological polar surface area (TPSA) is 0 Å². The van der Waals surface area contributed by atoms with Crippen LogP contribution < -0.4 is 0 Å². The van der Waals surface area contributed by atoms with Crippen molar-refractivity contribution >= 4 is 97.0 Å². The van der Waals surface area contributed by atoms with Crippen LogP contribution in [-0.4, -0.2) is 0 Å². The highest BCUT2D eigenvalue weighted by Crippen LogP contribution is 2.54. The first-order valence-corrected chi connectivity index (χ1v) is 13.5. The lowest BCUT2D eigenvalue weighted by molar-refractivity contribution is 1.51. The number of benzene rings is 10. The van der Waals surface area contributed by atoms with Gasteiger partial charge in [0.2, 0.25) is 0 Å². The molecule has 0 aliphatic heterocycles. The fraction of sp³-hybridized carbons (Fsp3) is 0.0526. The highest BCUT2D eigenvalue weighted by atomic mass is 14.3. The smallest absolute Gasteiger partial charge is 0.0000710 e. The number of rotatable bonds is 0.